The highest BCUT2D eigenvalue weighted by Gasteiger charge is 2.14. The average Bonchev–Trinajstić information content (AvgIpc) is 3.33. The summed E-state index contributed by atoms with van der Waals surface area (Å²) in [6.45, 7) is 0. The maximum absolute atomic E-state index is 12.1. The molecule has 0 bridgehead atoms. The Morgan fingerprint density at radius 3 is 2.96 bits per heavy atom. The molecule has 0 saturated heterocycles. The zero-order chi connectivity index (χ0) is 19.5. The highest BCUT2D eigenvalue weighted by atomic mass is 35.5. The Bertz CT molecular complexity index is 1210. The number of carbonyl (C=O) groups is 1. The van der Waals surface area contributed by atoms with Crippen LogP contribution in [-0.4, -0.2) is 26.8 Å². The first-order valence-electron chi connectivity index (χ1n) is 8.16. The second-order valence-electron chi connectivity index (χ2n) is 5.76. The van der Waals surface area contributed by atoms with Crippen molar-refractivity contribution in [3.8, 4) is 17.5 Å². The van der Waals surface area contributed by atoms with Crippen LogP contribution in [0.25, 0.3) is 22.4 Å². The first-order valence-corrected chi connectivity index (χ1v) is 9.52. The van der Waals surface area contributed by atoms with Gasteiger partial charge in [0.15, 0.2) is 0 Å². The average molecular weight is 410 g/mol. The molecule has 28 heavy (non-hydrogen) atoms. The van der Waals surface area contributed by atoms with E-state index >= 15 is 0 Å². The van der Waals surface area contributed by atoms with E-state index in [1.807, 2.05) is 36.5 Å². The number of fused-ring (bicyclic) bond motifs is 1. The van der Waals surface area contributed by atoms with Gasteiger partial charge in [0.05, 0.1) is 21.9 Å². The molecule has 0 spiro atoms. The van der Waals surface area contributed by atoms with E-state index in [9.17, 15) is 4.79 Å². The Labute approximate surface area is 168 Å². The number of para-hydroxylation sites is 1. The minimum Gasteiger partial charge on any atom is -0.411 e. The minimum absolute atomic E-state index is 0.0904. The van der Waals surface area contributed by atoms with Crippen LogP contribution >= 0.6 is 23.4 Å². The van der Waals surface area contributed by atoms with Gasteiger partial charge < -0.3 is 14.7 Å². The fraction of sp³-hybridized carbons (Fsp3) is 0.0526. The van der Waals surface area contributed by atoms with E-state index in [2.05, 4.69) is 20.5 Å². The van der Waals surface area contributed by atoms with Crippen molar-refractivity contribution in [2.24, 2.45) is 0 Å². The first kappa shape index (κ1) is 18.1. The van der Waals surface area contributed by atoms with Crippen LogP contribution in [0.5, 0.6) is 0 Å². The van der Waals surface area contributed by atoms with Crippen molar-refractivity contribution >= 4 is 45.9 Å². The van der Waals surface area contributed by atoms with Crippen molar-refractivity contribution in [1.82, 2.24) is 15.2 Å². The topological polar surface area (TPSA) is 108 Å². The molecule has 2 heterocycles. The van der Waals surface area contributed by atoms with Gasteiger partial charge in [-0.25, -0.2) is 0 Å². The number of nitriles is 1. The number of carbonyl (C=O) groups excluding carboxylic acids is 1. The largest absolute Gasteiger partial charge is 0.411 e. The number of rotatable bonds is 5. The predicted molar refractivity (Wildman–Crippen MR) is 107 cm³/mol. The number of amides is 1. The molecule has 138 valence electrons. The molecule has 4 aromatic rings. The van der Waals surface area contributed by atoms with Crippen LogP contribution in [0.4, 0.5) is 5.69 Å². The smallest absolute Gasteiger partial charge is 0.277 e. The summed E-state index contributed by atoms with van der Waals surface area (Å²) in [5, 5.41) is 21.2. The number of nitrogens with one attached hydrogen (secondary N) is 2. The number of benzene rings is 2. The Hall–Kier alpha value is -3.28. The second-order valence-corrected chi connectivity index (χ2v) is 7.10. The molecule has 0 aliphatic heterocycles. The monoisotopic (exact) mass is 409 g/mol. The molecule has 0 atom stereocenters. The zero-order valence-electron chi connectivity index (χ0n) is 14.3. The summed E-state index contributed by atoms with van der Waals surface area (Å²) in [6.07, 6.45) is 1.81. The zero-order valence-corrected chi connectivity index (χ0v) is 15.8. The summed E-state index contributed by atoms with van der Waals surface area (Å²) in [7, 11) is 0. The second kappa shape index (κ2) is 7.76. The molecule has 0 unspecified atom stereocenters. The molecular weight excluding hydrogens is 398 g/mol. The third kappa shape index (κ3) is 3.71. The molecule has 2 N–H and O–H groups in total. The number of hydrogen-bond donors (Lipinski definition) is 2. The SMILES string of the molecule is N#Cc1ccc(NC(=O)CSc2nnc(-c3c[nH]c4ccccc34)o2)cc1Cl. The highest BCUT2D eigenvalue weighted by Crippen LogP contribution is 2.29. The van der Waals surface area contributed by atoms with E-state index in [4.69, 9.17) is 21.3 Å². The van der Waals surface area contributed by atoms with Gasteiger partial charge in [-0.3, -0.25) is 4.79 Å². The molecule has 9 heteroatoms. The minimum atomic E-state index is -0.252. The molecule has 0 aliphatic carbocycles. The third-order valence-corrected chi connectivity index (χ3v) is 5.06. The molecule has 1 amide bonds. The number of nitrogens with zero attached hydrogens (tertiary/aromatic N) is 3. The summed E-state index contributed by atoms with van der Waals surface area (Å²) in [5.74, 6) is 0.226. The fourth-order valence-corrected chi connectivity index (χ4v) is 3.42. The lowest BCUT2D eigenvalue weighted by atomic mass is 10.2. The van der Waals surface area contributed by atoms with Crippen LogP contribution in [0, 0.1) is 11.3 Å². The van der Waals surface area contributed by atoms with E-state index in [0.717, 1.165) is 28.2 Å². The Kier molecular flexibility index (Phi) is 5.02. The number of thioether (sulfide) groups is 1. The van der Waals surface area contributed by atoms with Gasteiger partial charge in [-0.05, 0) is 24.3 Å². The Morgan fingerprint density at radius 2 is 2.14 bits per heavy atom. The molecule has 2 aromatic heterocycles. The lowest BCUT2D eigenvalue weighted by molar-refractivity contribution is -0.113. The standard InChI is InChI=1S/C19H12ClN5O2S/c20-15-7-12(6-5-11(15)8-21)23-17(26)10-28-19-25-24-18(27-19)14-9-22-16-4-2-1-3-13(14)16/h1-7,9,22H,10H2,(H,23,26). The van der Waals surface area contributed by atoms with Gasteiger partial charge in [-0.1, -0.05) is 41.6 Å². The molecule has 7 nitrogen and oxygen atoms in total. The van der Waals surface area contributed by atoms with Crippen LogP contribution in [0.2, 0.25) is 5.02 Å². The van der Waals surface area contributed by atoms with Gasteiger partial charge in [0, 0.05) is 22.8 Å². The predicted octanol–water partition coefficient (Wildman–Crippen LogP) is 4.47. The van der Waals surface area contributed by atoms with Gasteiger partial charge in [-0.2, -0.15) is 5.26 Å². The summed E-state index contributed by atoms with van der Waals surface area (Å²) >= 11 is 7.10. The number of H-pyrrole nitrogens is 1. The van der Waals surface area contributed by atoms with E-state index in [-0.39, 0.29) is 16.7 Å². The quantitative estimate of drug-likeness (QED) is 0.471. The van der Waals surface area contributed by atoms with Gasteiger partial charge in [0.1, 0.15) is 6.07 Å². The molecule has 4 rings (SSSR count). The number of aromatic nitrogens is 3. The lowest BCUT2D eigenvalue weighted by Crippen LogP contribution is -2.14. The third-order valence-electron chi connectivity index (χ3n) is 3.93. The van der Waals surface area contributed by atoms with E-state index in [1.165, 1.54) is 6.07 Å². The van der Waals surface area contributed by atoms with Gasteiger partial charge >= 0.3 is 0 Å². The Balaban J connectivity index is 1.40. The maximum atomic E-state index is 12.1. The summed E-state index contributed by atoms with van der Waals surface area (Å²) < 4.78 is 5.67. The molecule has 0 fully saturated rings. The van der Waals surface area contributed by atoms with E-state index < -0.39 is 0 Å². The molecular formula is C19H12ClN5O2S. The maximum Gasteiger partial charge on any atom is 0.277 e. The highest BCUT2D eigenvalue weighted by molar-refractivity contribution is 7.99. The van der Waals surface area contributed by atoms with Gasteiger partial charge in [0.2, 0.25) is 5.91 Å². The van der Waals surface area contributed by atoms with Crippen molar-refractivity contribution in [3.63, 3.8) is 0 Å². The van der Waals surface area contributed by atoms with E-state index in [1.54, 1.807) is 12.1 Å². The van der Waals surface area contributed by atoms with Crippen molar-refractivity contribution in [1.29, 1.82) is 5.26 Å². The van der Waals surface area contributed by atoms with Crippen molar-refractivity contribution in [2.75, 3.05) is 11.1 Å². The summed E-state index contributed by atoms with van der Waals surface area (Å²) in [5.41, 5.74) is 2.65. The van der Waals surface area contributed by atoms with Crippen LogP contribution in [0.15, 0.2) is 58.3 Å². The number of anilines is 1. The summed E-state index contributed by atoms with van der Waals surface area (Å²) in [4.78, 5) is 15.3. The number of halogens is 1. The van der Waals surface area contributed by atoms with Crippen LogP contribution in [0.3, 0.4) is 0 Å². The van der Waals surface area contributed by atoms with Crippen molar-refractivity contribution < 1.29 is 9.21 Å². The van der Waals surface area contributed by atoms with Crippen LogP contribution in [0.1, 0.15) is 5.56 Å². The first-order chi connectivity index (χ1) is 13.6. The molecule has 0 aliphatic rings. The molecule has 0 saturated carbocycles. The van der Waals surface area contributed by atoms with Crippen LogP contribution < -0.4 is 5.32 Å². The normalized spacial score (nSPS) is 10.7. The van der Waals surface area contributed by atoms with E-state index in [0.29, 0.717) is 22.4 Å². The van der Waals surface area contributed by atoms with Crippen molar-refractivity contribution in [2.45, 2.75) is 5.22 Å². The van der Waals surface area contributed by atoms with Crippen molar-refractivity contribution in [3.05, 3.63) is 59.2 Å². The van der Waals surface area contributed by atoms with Gasteiger partial charge in [-0.15, -0.1) is 10.2 Å². The number of hydrogen-bond acceptors (Lipinski definition) is 6. The Morgan fingerprint density at radius 1 is 1.29 bits per heavy atom. The van der Waals surface area contributed by atoms with Gasteiger partial charge in [0.25, 0.3) is 11.1 Å². The lowest BCUT2D eigenvalue weighted by Gasteiger charge is -2.05. The number of aromatic amines is 1. The molecule has 2 aromatic carbocycles. The summed E-state index contributed by atoms with van der Waals surface area (Å²) in [6, 6.07) is 14.5. The van der Waals surface area contributed by atoms with Crippen LogP contribution in [-0.2, 0) is 4.79 Å². The molecule has 0 radical (unpaired) electrons. The fourth-order valence-electron chi connectivity index (χ4n) is 2.63.